The molecule has 1 amide bonds. The predicted octanol–water partition coefficient (Wildman–Crippen LogP) is 0.552. The first kappa shape index (κ1) is 13.5. The van der Waals surface area contributed by atoms with Crippen molar-refractivity contribution in [3.63, 3.8) is 0 Å². The third-order valence-electron chi connectivity index (χ3n) is 3.52. The van der Waals surface area contributed by atoms with E-state index in [1.807, 2.05) is 24.9 Å². The molecule has 1 heterocycles. The summed E-state index contributed by atoms with van der Waals surface area (Å²) in [5.74, 6) is -0.00107. The Labute approximate surface area is 113 Å². The van der Waals surface area contributed by atoms with Gasteiger partial charge in [-0.2, -0.15) is 5.26 Å². The molecule has 5 nitrogen and oxygen atoms in total. The third-order valence-corrected chi connectivity index (χ3v) is 3.52. The minimum atomic E-state index is -0.290. The maximum absolute atomic E-state index is 12.5. The summed E-state index contributed by atoms with van der Waals surface area (Å²) in [6, 6.07) is 9.00. The standard InChI is InChI=1S/C14H18N4O/c1-10-9-17(2)13(8-16)14(19)18(10)12-5-3-4-11(6-12)7-15/h3-6,10,13H,8-9,16H2,1-2H3. The quantitative estimate of drug-likeness (QED) is 0.841. The minimum absolute atomic E-state index is 0.00107. The van der Waals surface area contributed by atoms with Crippen LogP contribution >= 0.6 is 0 Å². The van der Waals surface area contributed by atoms with Gasteiger partial charge in [0.25, 0.3) is 0 Å². The summed E-state index contributed by atoms with van der Waals surface area (Å²) >= 11 is 0. The molecule has 1 saturated heterocycles. The van der Waals surface area contributed by atoms with Crippen LogP contribution in [0.15, 0.2) is 24.3 Å². The van der Waals surface area contributed by atoms with Crippen molar-refractivity contribution in [1.29, 1.82) is 5.26 Å². The molecule has 0 spiro atoms. The van der Waals surface area contributed by atoms with E-state index in [0.717, 1.165) is 12.2 Å². The van der Waals surface area contributed by atoms with E-state index in [1.165, 1.54) is 0 Å². The van der Waals surface area contributed by atoms with Crippen LogP contribution in [-0.4, -0.2) is 43.0 Å². The van der Waals surface area contributed by atoms with Gasteiger partial charge in [-0.3, -0.25) is 9.69 Å². The van der Waals surface area contributed by atoms with E-state index in [0.29, 0.717) is 12.1 Å². The van der Waals surface area contributed by atoms with E-state index < -0.39 is 0 Å². The Bertz CT molecular complexity index is 522. The van der Waals surface area contributed by atoms with Crippen molar-refractivity contribution < 1.29 is 4.79 Å². The number of likely N-dealkylation sites (N-methyl/N-ethyl adjacent to an activating group) is 1. The molecule has 2 atom stereocenters. The normalized spacial score (nSPS) is 24.3. The summed E-state index contributed by atoms with van der Waals surface area (Å²) in [6.07, 6.45) is 0. The zero-order valence-electron chi connectivity index (χ0n) is 11.2. The molecule has 100 valence electrons. The van der Waals surface area contributed by atoms with Gasteiger partial charge in [0.15, 0.2) is 0 Å². The van der Waals surface area contributed by atoms with Crippen LogP contribution in [0.4, 0.5) is 5.69 Å². The van der Waals surface area contributed by atoms with Crippen molar-refractivity contribution in [1.82, 2.24) is 4.90 Å². The first-order chi connectivity index (χ1) is 9.08. The zero-order chi connectivity index (χ0) is 14.0. The number of benzene rings is 1. The fraction of sp³-hybridized carbons (Fsp3) is 0.429. The van der Waals surface area contributed by atoms with E-state index >= 15 is 0 Å². The Morgan fingerprint density at radius 1 is 1.53 bits per heavy atom. The second-order valence-corrected chi connectivity index (χ2v) is 4.91. The lowest BCUT2D eigenvalue weighted by Gasteiger charge is -2.42. The van der Waals surface area contributed by atoms with E-state index in [9.17, 15) is 4.79 Å². The van der Waals surface area contributed by atoms with Crippen molar-refractivity contribution in [3.8, 4) is 6.07 Å². The largest absolute Gasteiger partial charge is 0.328 e. The molecule has 0 saturated carbocycles. The van der Waals surface area contributed by atoms with Crippen LogP contribution in [0.2, 0.25) is 0 Å². The third kappa shape index (κ3) is 2.46. The second kappa shape index (κ2) is 5.39. The van der Waals surface area contributed by atoms with Gasteiger partial charge in [-0.1, -0.05) is 6.07 Å². The monoisotopic (exact) mass is 258 g/mol. The van der Waals surface area contributed by atoms with Crippen molar-refractivity contribution in [3.05, 3.63) is 29.8 Å². The molecule has 5 heteroatoms. The van der Waals surface area contributed by atoms with Crippen LogP contribution in [0.1, 0.15) is 12.5 Å². The lowest BCUT2D eigenvalue weighted by atomic mass is 10.1. The van der Waals surface area contributed by atoms with Crippen LogP contribution in [0.5, 0.6) is 0 Å². The van der Waals surface area contributed by atoms with Crippen molar-refractivity contribution in [2.24, 2.45) is 5.73 Å². The number of piperazine rings is 1. The van der Waals surface area contributed by atoms with Gasteiger partial charge in [-0.15, -0.1) is 0 Å². The van der Waals surface area contributed by atoms with Gasteiger partial charge >= 0.3 is 0 Å². The Kier molecular flexibility index (Phi) is 3.84. The number of nitrogens with two attached hydrogens (primary N) is 1. The van der Waals surface area contributed by atoms with Crippen molar-refractivity contribution in [2.45, 2.75) is 19.0 Å². The Hall–Kier alpha value is -1.90. The summed E-state index contributed by atoms with van der Waals surface area (Å²) in [5, 5.41) is 8.95. The molecule has 0 aliphatic carbocycles. The summed E-state index contributed by atoms with van der Waals surface area (Å²) in [6.45, 7) is 3.07. The van der Waals surface area contributed by atoms with E-state index in [4.69, 9.17) is 11.0 Å². The average molecular weight is 258 g/mol. The molecule has 2 rings (SSSR count). The summed E-state index contributed by atoms with van der Waals surface area (Å²) in [7, 11) is 1.91. The number of carbonyl (C=O) groups is 1. The smallest absolute Gasteiger partial charge is 0.245 e. The maximum atomic E-state index is 12.5. The van der Waals surface area contributed by atoms with Gasteiger partial charge < -0.3 is 10.6 Å². The SMILES string of the molecule is CC1CN(C)C(CN)C(=O)N1c1cccc(C#N)c1. The van der Waals surface area contributed by atoms with Gasteiger partial charge in [-0.05, 0) is 32.2 Å². The predicted molar refractivity (Wildman–Crippen MR) is 73.6 cm³/mol. The number of carbonyl (C=O) groups excluding carboxylic acids is 1. The molecule has 2 unspecified atom stereocenters. The highest BCUT2D eigenvalue weighted by Gasteiger charge is 2.36. The number of hydrogen-bond donors (Lipinski definition) is 1. The van der Waals surface area contributed by atoms with Gasteiger partial charge in [0.1, 0.15) is 6.04 Å². The fourth-order valence-electron chi connectivity index (χ4n) is 2.58. The number of anilines is 1. The Morgan fingerprint density at radius 2 is 2.26 bits per heavy atom. The molecular weight excluding hydrogens is 240 g/mol. The topological polar surface area (TPSA) is 73.4 Å². The summed E-state index contributed by atoms with van der Waals surface area (Å²) < 4.78 is 0. The summed E-state index contributed by atoms with van der Waals surface area (Å²) in [4.78, 5) is 16.2. The van der Waals surface area contributed by atoms with Crippen LogP contribution in [-0.2, 0) is 4.79 Å². The lowest BCUT2D eigenvalue weighted by molar-refractivity contribution is -0.125. The number of rotatable bonds is 2. The molecular formula is C14H18N4O. The molecule has 0 radical (unpaired) electrons. The van der Waals surface area contributed by atoms with Crippen LogP contribution < -0.4 is 10.6 Å². The first-order valence-electron chi connectivity index (χ1n) is 6.32. The maximum Gasteiger partial charge on any atom is 0.245 e. The highest BCUT2D eigenvalue weighted by atomic mass is 16.2. The van der Waals surface area contributed by atoms with Crippen LogP contribution in [0, 0.1) is 11.3 Å². The lowest BCUT2D eigenvalue weighted by Crippen LogP contribution is -2.62. The number of amides is 1. The average Bonchev–Trinajstić information content (AvgIpc) is 2.39. The minimum Gasteiger partial charge on any atom is -0.328 e. The van der Waals surface area contributed by atoms with Gasteiger partial charge in [0.05, 0.1) is 11.6 Å². The highest BCUT2D eigenvalue weighted by molar-refractivity contribution is 5.98. The number of hydrogen-bond acceptors (Lipinski definition) is 4. The second-order valence-electron chi connectivity index (χ2n) is 4.91. The fourth-order valence-corrected chi connectivity index (χ4v) is 2.58. The molecule has 1 aliphatic rings. The molecule has 0 bridgehead atoms. The van der Waals surface area contributed by atoms with Crippen LogP contribution in [0.25, 0.3) is 0 Å². The first-order valence-corrected chi connectivity index (χ1v) is 6.32. The summed E-state index contributed by atoms with van der Waals surface area (Å²) in [5.41, 5.74) is 7.01. The molecule has 19 heavy (non-hydrogen) atoms. The molecule has 2 N–H and O–H groups in total. The Morgan fingerprint density at radius 3 is 2.89 bits per heavy atom. The molecule has 1 aliphatic heterocycles. The molecule has 1 aromatic carbocycles. The Balaban J connectivity index is 2.36. The molecule has 0 aromatic heterocycles. The van der Waals surface area contributed by atoms with Crippen molar-refractivity contribution in [2.75, 3.05) is 25.0 Å². The van der Waals surface area contributed by atoms with E-state index in [2.05, 4.69) is 6.07 Å². The van der Waals surface area contributed by atoms with E-state index in [-0.39, 0.29) is 18.0 Å². The van der Waals surface area contributed by atoms with Crippen LogP contribution in [0.3, 0.4) is 0 Å². The van der Waals surface area contributed by atoms with Gasteiger partial charge in [0, 0.05) is 24.8 Å². The molecule has 1 fully saturated rings. The van der Waals surface area contributed by atoms with E-state index in [1.54, 1.807) is 23.1 Å². The van der Waals surface area contributed by atoms with Crippen molar-refractivity contribution >= 4 is 11.6 Å². The molecule has 1 aromatic rings. The van der Waals surface area contributed by atoms with Gasteiger partial charge in [-0.25, -0.2) is 0 Å². The zero-order valence-corrected chi connectivity index (χ0v) is 11.2. The highest BCUT2D eigenvalue weighted by Crippen LogP contribution is 2.24. The number of nitrogens with zero attached hydrogens (tertiary/aromatic N) is 3. The van der Waals surface area contributed by atoms with Gasteiger partial charge in [0.2, 0.25) is 5.91 Å². The number of nitriles is 1.